The van der Waals surface area contributed by atoms with Crippen molar-refractivity contribution in [1.29, 1.82) is 0 Å². The van der Waals surface area contributed by atoms with Gasteiger partial charge >= 0.3 is 0 Å². The number of methoxy groups -OCH3 is 2. The number of aryl methyl sites for hydroxylation is 1. The number of allylic oxidation sites excluding steroid dienone is 2. The molecule has 1 aliphatic carbocycles. The molecule has 3 heteroatoms. The lowest BCUT2D eigenvalue weighted by Crippen LogP contribution is -2.07. The number of hydrogen-bond donors (Lipinski definition) is 0. The highest BCUT2D eigenvalue weighted by atomic mass is 16.5. The number of ether oxygens (including phenoxy) is 2. The van der Waals surface area contributed by atoms with E-state index in [1.165, 1.54) is 42.9 Å². The minimum atomic E-state index is 0.421. The van der Waals surface area contributed by atoms with Crippen molar-refractivity contribution in [3.8, 4) is 11.5 Å². The van der Waals surface area contributed by atoms with Gasteiger partial charge in [0.25, 0.3) is 0 Å². The molecule has 2 rings (SSSR count). The van der Waals surface area contributed by atoms with Gasteiger partial charge in [0.05, 0.1) is 14.2 Å². The fraction of sp³-hybridized carbons (Fsp3) is 0.550. The van der Waals surface area contributed by atoms with E-state index in [9.17, 15) is 0 Å². The Kier molecular flexibility index (Phi) is 8.46. The Bertz CT molecular complexity index is 507. The van der Waals surface area contributed by atoms with E-state index >= 15 is 0 Å². The molecule has 1 aliphatic rings. The Morgan fingerprint density at radius 3 is 2.22 bits per heavy atom. The molecule has 0 spiro atoms. The summed E-state index contributed by atoms with van der Waals surface area (Å²) >= 11 is 0. The number of hydrogen-bond acceptors (Lipinski definition) is 3. The number of aldehydes is 1. The lowest BCUT2D eigenvalue weighted by Gasteiger charge is -2.24. The maximum Gasteiger partial charge on any atom is 0.126 e. The number of rotatable bonds is 5. The van der Waals surface area contributed by atoms with Crippen molar-refractivity contribution in [2.24, 2.45) is 0 Å². The van der Waals surface area contributed by atoms with Crippen LogP contribution in [0.25, 0.3) is 0 Å². The van der Waals surface area contributed by atoms with Crippen LogP contribution < -0.4 is 9.47 Å². The minimum absolute atomic E-state index is 0.421. The van der Waals surface area contributed by atoms with Crippen LogP contribution in [0.15, 0.2) is 23.8 Å². The minimum Gasteiger partial charge on any atom is -0.496 e. The Morgan fingerprint density at radius 2 is 1.78 bits per heavy atom. The van der Waals surface area contributed by atoms with Crippen molar-refractivity contribution in [2.75, 3.05) is 14.2 Å². The lowest BCUT2D eigenvalue weighted by atomic mass is 9.84. The quantitative estimate of drug-likeness (QED) is 0.561. The predicted molar refractivity (Wildman–Crippen MR) is 95.6 cm³/mol. The third kappa shape index (κ3) is 5.42. The van der Waals surface area contributed by atoms with Crippen molar-refractivity contribution in [1.82, 2.24) is 0 Å². The molecular formula is C20H30O3. The fourth-order valence-corrected chi connectivity index (χ4v) is 3.13. The van der Waals surface area contributed by atoms with Crippen LogP contribution in [-0.2, 0) is 11.2 Å². The first-order valence-corrected chi connectivity index (χ1v) is 8.43. The van der Waals surface area contributed by atoms with E-state index < -0.39 is 0 Å². The van der Waals surface area contributed by atoms with E-state index in [2.05, 4.69) is 32.1 Å². The summed E-state index contributed by atoms with van der Waals surface area (Å²) in [6, 6.07) is 4.36. The largest absolute Gasteiger partial charge is 0.496 e. The molecule has 0 saturated heterocycles. The Labute approximate surface area is 140 Å². The van der Waals surface area contributed by atoms with Crippen molar-refractivity contribution in [3.05, 3.63) is 34.9 Å². The molecular weight excluding hydrogens is 288 g/mol. The average Bonchev–Trinajstić information content (AvgIpc) is 2.55. The Hall–Kier alpha value is -1.77. The van der Waals surface area contributed by atoms with E-state index in [1.807, 2.05) is 0 Å². The molecule has 1 unspecified atom stereocenters. The molecule has 0 N–H and O–H groups in total. The molecule has 0 radical (unpaired) electrons. The number of carbonyl (C=O) groups is 1. The van der Waals surface area contributed by atoms with E-state index in [4.69, 9.17) is 14.3 Å². The summed E-state index contributed by atoms with van der Waals surface area (Å²) in [4.78, 5) is 8.81. The molecule has 3 nitrogen and oxygen atoms in total. The van der Waals surface area contributed by atoms with E-state index in [0.717, 1.165) is 30.6 Å². The number of carbonyl (C=O) groups excluding carboxylic acids is 1. The SMILES string of the molecule is CC=O.CCCc1cc(OC)c(C2C=C(C)CCC2)c(OC)c1. The number of benzene rings is 1. The van der Waals surface area contributed by atoms with Gasteiger partial charge in [-0.2, -0.15) is 0 Å². The molecule has 1 aromatic rings. The summed E-state index contributed by atoms with van der Waals surface area (Å²) in [5.41, 5.74) is 3.98. The second-order valence-electron chi connectivity index (χ2n) is 5.91. The van der Waals surface area contributed by atoms with E-state index in [-0.39, 0.29) is 0 Å². The van der Waals surface area contributed by atoms with Crippen LogP contribution in [0, 0.1) is 0 Å². The zero-order valence-electron chi connectivity index (χ0n) is 15.1. The Morgan fingerprint density at radius 1 is 1.22 bits per heavy atom. The first-order chi connectivity index (χ1) is 11.1. The maximum atomic E-state index is 8.81. The highest BCUT2D eigenvalue weighted by Crippen LogP contribution is 2.42. The topological polar surface area (TPSA) is 35.5 Å². The van der Waals surface area contributed by atoms with Crippen molar-refractivity contribution in [3.63, 3.8) is 0 Å². The van der Waals surface area contributed by atoms with Crippen molar-refractivity contribution >= 4 is 6.29 Å². The maximum absolute atomic E-state index is 8.81. The summed E-state index contributed by atoms with van der Waals surface area (Å²) < 4.78 is 11.3. The van der Waals surface area contributed by atoms with Crippen LogP contribution in [0.5, 0.6) is 11.5 Å². The van der Waals surface area contributed by atoms with Crippen LogP contribution in [0.1, 0.15) is 63.5 Å². The summed E-state index contributed by atoms with van der Waals surface area (Å²) in [6.07, 6.45) is 8.96. The second-order valence-corrected chi connectivity index (χ2v) is 5.91. The molecule has 0 aromatic heterocycles. The predicted octanol–water partition coefficient (Wildman–Crippen LogP) is 5.08. The van der Waals surface area contributed by atoms with Crippen LogP contribution in [-0.4, -0.2) is 20.5 Å². The van der Waals surface area contributed by atoms with Gasteiger partial charge in [-0.3, -0.25) is 0 Å². The zero-order valence-corrected chi connectivity index (χ0v) is 15.1. The molecule has 0 aliphatic heterocycles. The third-order valence-electron chi connectivity index (χ3n) is 4.09. The summed E-state index contributed by atoms with van der Waals surface area (Å²) in [6.45, 7) is 5.86. The van der Waals surface area contributed by atoms with Crippen LogP contribution in [0.2, 0.25) is 0 Å². The van der Waals surface area contributed by atoms with Crippen molar-refractivity contribution in [2.45, 2.75) is 58.8 Å². The molecule has 1 aromatic carbocycles. The normalized spacial score (nSPS) is 16.7. The molecule has 0 fully saturated rings. The molecule has 128 valence electrons. The molecule has 0 bridgehead atoms. The van der Waals surface area contributed by atoms with Gasteiger partial charge in [0.1, 0.15) is 17.8 Å². The highest BCUT2D eigenvalue weighted by Gasteiger charge is 2.22. The van der Waals surface area contributed by atoms with E-state index in [1.54, 1.807) is 14.2 Å². The molecule has 1 atom stereocenters. The van der Waals surface area contributed by atoms with Crippen LogP contribution in [0.3, 0.4) is 0 Å². The van der Waals surface area contributed by atoms with Gasteiger partial charge in [-0.25, -0.2) is 0 Å². The first-order valence-electron chi connectivity index (χ1n) is 8.43. The Balaban J connectivity index is 0.000000816. The molecule has 23 heavy (non-hydrogen) atoms. The summed E-state index contributed by atoms with van der Waals surface area (Å²) in [5, 5.41) is 0. The van der Waals surface area contributed by atoms with Crippen LogP contribution >= 0.6 is 0 Å². The van der Waals surface area contributed by atoms with Gasteiger partial charge in [-0.05, 0) is 57.2 Å². The second kappa shape index (κ2) is 10.1. The molecule has 0 amide bonds. The van der Waals surface area contributed by atoms with Crippen molar-refractivity contribution < 1.29 is 14.3 Å². The first kappa shape index (κ1) is 19.3. The zero-order chi connectivity index (χ0) is 17.2. The summed E-state index contributed by atoms with van der Waals surface area (Å²) in [5.74, 6) is 2.37. The van der Waals surface area contributed by atoms with E-state index in [0.29, 0.717) is 5.92 Å². The standard InChI is InChI=1S/C18H26O2.C2H4O/c1-5-7-14-11-16(19-3)18(17(12-14)20-4)15-9-6-8-13(2)10-15;1-2-3/h10-12,15H,5-9H2,1-4H3;2H,1H3. The van der Waals surface area contributed by atoms with Gasteiger partial charge in [0.2, 0.25) is 0 Å². The van der Waals surface area contributed by atoms with Gasteiger partial charge in [0.15, 0.2) is 0 Å². The highest BCUT2D eigenvalue weighted by molar-refractivity contribution is 5.52. The third-order valence-corrected chi connectivity index (χ3v) is 4.09. The molecule has 0 saturated carbocycles. The van der Waals surface area contributed by atoms with Gasteiger partial charge in [0, 0.05) is 11.5 Å². The summed E-state index contributed by atoms with van der Waals surface area (Å²) in [7, 11) is 3.51. The lowest BCUT2D eigenvalue weighted by molar-refractivity contribution is -0.106. The molecule has 0 heterocycles. The van der Waals surface area contributed by atoms with Gasteiger partial charge < -0.3 is 14.3 Å². The monoisotopic (exact) mass is 318 g/mol. The van der Waals surface area contributed by atoms with Crippen LogP contribution in [0.4, 0.5) is 0 Å². The fourth-order valence-electron chi connectivity index (χ4n) is 3.13. The average molecular weight is 318 g/mol. The van der Waals surface area contributed by atoms with Gasteiger partial charge in [-0.15, -0.1) is 0 Å². The smallest absolute Gasteiger partial charge is 0.126 e. The van der Waals surface area contributed by atoms with Gasteiger partial charge in [-0.1, -0.05) is 25.0 Å².